The number of hydrogen-bond acceptors (Lipinski definition) is 3. The lowest BCUT2D eigenvalue weighted by Crippen LogP contribution is -2.37. The Bertz CT molecular complexity index is 202. The monoisotopic (exact) mass is 255 g/mol. The van der Waals surface area contributed by atoms with Gasteiger partial charge in [0.05, 0.1) is 6.54 Å². The maximum atomic E-state index is 4.63. The zero-order chi connectivity index (χ0) is 13.6. The van der Waals surface area contributed by atoms with Crippen LogP contribution in [0.25, 0.3) is 0 Å². The summed E-state index contributed by atoms with van der Waals surface area (Å²) in [6.07, 6.45) is 7.20. The highest BCUT2D eigenvalue weighted by Crippen LogP contribution is 1.99. The first-order chi connectivity index (χ1) is 8.78. The highest BCUT2D eigenvalue weighted by atomic mass is 15.1. The van der Waals surface area contributed by atoms with E-state index in [-0.39, 0.29) is 0 Å². The van der Waals surface area contributed by atoms with Gasteiger partial charge < -0.3 is 10.6 Å². The molecule has 3 nitrogen and oxygen atoms in total. The molecule has 1 atom stereocenters. The van der Waals surface area contributed by atoms with E-state index in [2.05, 4.69) is 43.3 Å². The number of hydrogen-bond donors (Lipinski definition) is 2. The summed E-state index contributed by atoms with van der Waals surface area (Å²) in [5.74, 6) is 0. The lowest BCUT2D eigenvalue weighted by molar-refractivity contribution is 0.441. The number of rotatable bonds is 12. The summed E-state index contributed by atoms with van der Waals surface area (Å²) < 4.78 is 0. The third-order valence-electron chi connectivity index (χ3n) is 3.22. The maximum Gasteiger partial charge on any atom is 0.0514 e. The van der Waals surface area contributed by atoms with Crippen molar-refractivity contribution < 1.29 is 0 Å². The van der Waals surface area contributed by atoms with Crippen molar-refractivity contribution in [1.29, 1.82) is 0 Å². The summed E-state index contributed by atoms with van der Waals surface area (Å²) in [6.45, 7) is 11.7. The van der Waals surface area contributed by atoms with E-state index in [1.54, 1.807) is 0 Å². The Balaban J connectivity index is 3.54. The standard InChI is InChI=1S/C15H33N3/c1-5-9-14(7-3)17-12-11-16-13-18-15(8-4)10-6-2/h15-16,18H,5-13H2,1-4H3. The molecular weight excluding hydrogens is 222 g/mol. The third-order valence-corrected chi connectivity index (χ3v) is 3.22. The van der Waals surface area contributed by atoms with E-state index in [4.69, 9.17) is 0 Å². The summed E-state index contributed by atoms with van der Waals surface area (Å²) in [7, 11) is 0. The van der Waals surface area contributed by atoms with Gasteiger partial charge in [0.2, 0.25) is 0 Å². The minimum atomic E-state index is 0.664. The molecule has 0 radical (unpaired) electrons. The first-order valence-electron chi connectivity index (χ1n) is 7.74. The van der Waals surface area contributed by atoms with Gasteiger partial charge in [0.25, 0.3) is 0 Å². The molecule has 0 aliphatic carbocycles. The van der Waals surface area contributed by atoms with Gasteiger partial charge in [0, 0.05) is 25.0 Å². The fourth-order valence-corrected chi connectivity index (χ4v) is 2.05. The van der Waals surface area contributed by atoms with Gasteiger partial charge in [-0.1, -0.05) is 40.5 Å². The molecule has 108 valence electrons. The molecule has 0 amide bonds. The van der Waals surface area contributed by atoms with Crippen LogP contribution < -0.4 is 10.6 Å². The lowest BCUT2D eigenvalue weighted by Gasteiger charge is -2.16. The van der Waals surface area contributed by atoms with Crippen molar-refractivity contribution >= 4 is 5.71 Å². The Morgan fingerprint density at radius 3 is 2.44 bits per heavy atom. The second-order valence-corrected chi connectivity index (χ2v) is 4.83. The second kappa shape index (κ2) is 13.0. The van der Waals surface area contributed by atoms with Crippen molar-refractivity contribution in [1.82, 2.24) is 10.6 Å². The number of nitrogens with one attached hydrogen (secondary N) is 2. The molecule has 18 heavy (non-hydrogen) atoms. The van der Waals surface area contributed by atoms with Crippen LogP contribution in [0.1, 0.15) is 66.2 Å². The Kier molecular flexibility index (Phi) is 12.7. The van der Waals surface area contributed by atoms with Crippen LogP contribution in [0.3, 0.4) is 0 Å². The second-order valence-electron chi connectivity index (χ2n) is 4.83. The van der Waals surface area contributed by atoms with Crippen molar-refractivity contribution in [2.45, 2.75) is 72.3 Å². The Morgan fingerprint density at radius 1 is 1.11 bits per heavy atom. The molecule has 0 bridgehead atoms. The molecule has 0 saturated heterocycles. The Labute approximate surface area is 114 Å². The van der Waals surface area contributed by atoms with Crippen LogP contribution >= 0.6 is 0 Å². The molecule has 0 aromatic heterocycles. The molecule has 0 aromatic carbocycles. The van der Waals surface area contributed by atoms with Gasteiger partial charge in [-0.3, -0.25) is 4.99 Å². The van der Waals surface area contributed by atoms with E-state index in [1.807, 2.05) is 0 Å². The smallest absolute Gasteiger partial charge is 0.0514 e. The average Bonchev–Trinajstić information content (AvgIpc) is 2.39. The molecule has 0 spiro atoms. The van der Waals surface area contributed by atoms with E-state index in [0.717, 1.165) is 32.6 Å². The van der Waals surface area contributed by atoms with Crippen molar-refractivity contribution in [3.8, 4) is 0 Å². The molecule has 0 aliphatic heterocycles. The molecule has 0 fully saturated rings. The van der Waals surface area contributed by atoms with E-state index in [9.17, 15) is 0 Å². The van der Waals surface area contributed by atoms with Crippen LogP contribution in [0, 0.1) is 0 Å². The Hall–Kier alpha value is -0.410. The average molecular weight is 255 g/mol. The first-order valence-corrected chi connectivity index (χ1v) is 7.74. The van der Waals surface area contributed by atoms with E-state index in [1.165, 1.54) is 31.4 Å². The first kappa shape index (κ1) is 17.6. The van der Waals surface area contributed by atoms with Crippen molar-refractivity contribution in [3.63, 3.8) is 0 Å². The zero-order valence-electron chi connectivity index (χ0n) is 12.9. The molecule has 2 N–H and O–H groups in total. The molecule has 1 unspecified atom stereocenters. The molecule has 0 rings (SSSR count). The van der Waals surface area contributed by atoms with Gasteiger partial charge in [-0.15, -0.1) is 0 Å². The SMILES string of the molecule is CCCC(CC)=NCCNCNC(CC)CCC. The molecule has 3 heteroatoms. The molecule has 0 aromatic rings. The lowest BCUT2D eigenvalue weighted by atomic mass is 10.1. The van der Waals surface area contributed by atoms with E-state index >= 15 is 0 Å². The van der Waals surface area contributed by atoms with Crippen LogP contribution in [-0.2, 0) is 0 Å². The van der Waals surface area contributed by atoms with Crippen LogP contribution in [0.15, 0.2) is 4.99 Å². The van der Waals surface area contributed by atoms with Gasteiger partial charge in [0.15, 0.2) is 0 Å². The summed E-state index contributed by atoms with van der Waals surface area (Å²) in [5, 5.41) is 6.95. The van der Waals surface area contributed by atoms with Gasteiger partial charge in [-0.2, -0.15) is 0 Å². The van der Waals surface area contributed by atoms with Crippen molar-refractivity contribution in [3.05, 3.63) is 0 Å². The highest BCUT2D eigenvalue weighted by Gasteiger charge is 2.02. The number of nitrogens with zero attached hydrogens (tertiary/aromatic N) is 1. The summed E-state index contributed by atoms with van der Waals surface area (Å²) in [4.78, 5) is 4.63. The van der Waals surface area contributed by atoms with Crippen LogP contribution in [0.2, 0.25) is 0 Å². The largest absolute Gasteiger partial charge is 0.303 e. The molecule has 0 saturated carbocycles. The molecular formula is C15H33N3. The minimum Gasteiger partial charge on any atom is -0.303 e. The topological polar surface area (TPSA) is 36.4 Å². The fraction of sp³-hybridized carbons (Fsp3) is 0.933. The van der Waals surface area contributed by atoms with Gasteiger partial charge >= 0.3 is 0 Å². The zero-order valence-corrected chi connectivity index (χ0v) is 12.9. The van der Waals surface area contributed by atoms with Crippen molar-refractivity contribution in [2.75, 3.05) is 19.8 Å². The number of aliphatic imine (C=N–C) groups is 1. The summed E-state index contributed by atoms with van der Waals surface area (Å²) in [5.41, 5.74) is 1.37. The van der Waals surface area contributed by atoms with E-state index in [0.29, 0.717) is 6.04 Å². The minimum absolute atomic E-state index is 0.664. The molecule has 0 aliphatic rings. The maximum absolute atomic E-state index is 4.63. The molecule has 0 heterocycles. The predicted octanol–water partition coefficient (Wildman–Crippen LogP) is 3.35. The Morgan fingerprint density at radius 2 is 1.89 bits per heavy atom. The van der Waals surface area contributed by atoms with Gasteiger partial charge in [-0.25, -0.2) is 0 Å². The fourth-order valence-electron chi connectivity index (χ4n) is 2.05. The van der Waals surface area contributed by atoms with Crippen LogP contribution in [0.4, 0.5) is 0 Å². The third kappa shape index (κ3) is 9.60. The van der Waals surface area contributed by atoms with Crippen LogP contribution in [0.5, 0.6) is 0 Å². The van der Waals surface area contributed by atoms with E-state index < -0.39 is 0 Å². The van der Waals surface area contributed by atoms with Gasteiger partial charge in [-0.05, 0) is 25.7 Å². The highest BCUT2D eigenvalue weighted by molar-refractivity contribution is 5.84. The van der Waals surface area contributed by atoms with Crippen LogP contribution in [-0.4, -0.2) is 31.5 Å². The van der Waals surface area contributed by atoms with Gasteiger partial charge in [0.1, 0.15) is 0 Å². The normalized spacial score (nSPS) is 13.9. The summed E-state index contributed by atoms with van der Waals surface area (Å²) in [6, 6.07) is 0.664. The quantitative estimate of drug-likeness (QED) is 0.319. The summed E-state index contributed by atoms with van der Waals surface area (Å²) >= 11 is 0. The predicted molar refractivity (Wildman–Crippen MR) is 82.5 cm³/mol. The van der Waals surface area contributed by atoms with Crippen molar-refractivity contribution in [2.24, 2.45) is 4.99 Å².